The Morgan fingerprint density at radius 1 is 1.24 bits per heavy atom. The quantitative estimate of drug-likeness (QED) is 0.846. The molecule has 1 N–H and O–H groups in total. The first-order valence-corrected chi connectivity index (χ1v) is 7.58. The lowest BCUT2D eigenvalue weighted by atomic mass is 9.94. The van der Waals surface area contributed by atoms with E-state index < -0.39 is 5.54 Å². The molecule has 0 aromatic heterocycles. The zero-order chi connectivity index (χ0) is 15.5. The van der Waals surface area contributed by atoms with Gasteiger partial charge >= 0.3 is 5.97 Å². The number of esters is 1. The van der Waals surface area contributed by atoms with Gasteiger partial charge in [-0.15, -0.1) is 0 Å². The molecular formula is C17H23NO3. The molecule has 1 amide bonds. The average Bonchev–Trinajstić information content (AvgIpc) is 2.85. The Balaban J connectivity index is 2.26. The fourth-order valence-corrected chi connectivity index (χ4v) is 2.71. The second-order valence-electron chi connectivity index (χ2n) is 5.72. The predicted octanol–water partition coefficient (Wildman–Crippen LogP) is 2.25. The van der Waals surface area contributed by atoms with Crippen molar-refractivity contribution in [1.29, 1.82) is 0 Å². The lowest BCUT2D eigenvalue weighted by Gasteiger charge is -2.29. The van der Waals surface area contributed by atoms with Crippen LogP contribution in [0.4, 0.5) is 0 Å². The van der Waals surface area contributed by atoms with E-state index in [0.717, 1.165) is 17.5 Å². The average molecular weight is 289 g/mol. The summed E-state index contributed by atoms with van der Waals surface area (Å²) in [5.74, 6) is -0.531. The van der Waals surface area contributed by atoms with E-state index in [-0.39, 0.29) is 17.8 Å². The molecule has 0 saturated heterocycles. The fraction of sp³-hybridized carbons (Fsp3) is 0.529. The van der Waals surface area contributed by atoms with Crippen LogP contribution >= 0.6 is 0 Å². The van der Waals surface area contributed by atoms with E-state index in [1.165, 1.54) is 0 Å². The zero-order valence-corrected chi connectivity index (χ0v) is 12.9. The van der Waals surface area contributed by atoms with Crippen LogP contribution in [0.25, 0.3) is 0 Å². The molecule has 4 nitrogen and oxygen atoms in total. The molecule has 0 unspecified atom stereocenters. The number of hydrogen-bond acceptors (Lipinski definition) is 3. The summed E-state index contributed by atoms with van der Waals surface area (Å²) >= 11 is 0. The van der Waals surface area contributed by atoms with Crippen LogP contribution in [0.3, 0.4) is 0 Å². The highest BCUT2D eigenvalue weighted by Gasteiger charge is 2.46. The van der Waals surface area contributed by atoms with Gasteiger partial charge < -0.3 is 10.1 Å². The Labute approximate surface area is 125 Å². The molecule has 0 aliphatic heterocycles. The summed E-state index contributed by atoms with van der Waals surface area (Å²) in [6.07, 6.45) is 1.76. The minimum Gasteiger partial charge on any atom is -0.464 e. The number of ether oxygens (including phenoxy) is 1. The summed E-state index contributed by atoms with van der Waals surface area (Å²) in [5.41, 5.74) is 1.27. The molecule has 21 heavy (non-hydrogen) atoms. The minimum absolute atomic E-state index is 0.0849. The minimum atomic E-state index is -0.944. The Bertz CT molecular complexity index is 514. The van der Waals surface area contributed by atoms with Gasteiger partial charge in [0.1, 0.15) is 5.54 Å². The molecule has 0 fully saturated rings. The largest absolute Gasteiger partial charge is 0.464 e. The third-order valence-corrected chi connectivity index (χ3v) is 4.19. The topological polar surface area (TPSA) is 55.4 Å². The van der Waals surface area contributed by atoms with Gasteiger partial charge in [-0.3, -0.25) is 4.79 Å². The van der Waals surface area contributed by atoms with Crippen LogP contribution in [-0.2, 0) is 27.2 Å². The van der Waals surface area contributed by atoms with Crippen LogP contribution in [-0.4, -0.2) is 24.0 Å². The van der Waals surface area contributed by atoms with E-state index >= 15 is 0 Å². The number of nitrogens with one attached hydrogen (secondary N) is 1. The Kier molecular flexibility index (Phi) is 4.66. The standard InChI is InChI=1S/C17H23NO3/c1-4-12(3)15(19)18-17(16(20)21-5-2)10-13-8-6-7-9-14(13)11-17/h6-9,12H,4-5,10-11H2,1-3H3,(H,18,19)/t12-/m1/s1. The molecule has 0 heterocycles. The molecule has 1 aromatic carbocycles. The van der Waals surface area contributed by atoms with E-state index in [9.17, 15) is 9.59 Å². The van der Waals surface area contributed by atoms with Gasteiger partial charge in [-0.25, -0.2) is 4.79 Å². The number of amides is 1. The van der Waals surface area contributed by atoms with Crippen molar-refractivity contribution in [2.45, 2.75) is 45.6 Å². The molecule has 0 radical (unpaired) electrons. The number of carbonyl (C=O) groups is 2. The summed E-state index contributed by atoms with van der Waals surface area (Å²) in [7, 11) is 0. The third kappa shape index (κ3) is 3.09. The first kappa shape index (κ1) is 15.5. The molecule has 0 spiro atoms. The van der Waals surface area contributed by atoms with Crippen molar-refractivity contribution in [1.82, 2.24) is 5.32 Å². The van der Waals surface area contributed by atoms with E-state index in [1.54, 1.807) is 6.92 Å². The van der Waals surface area contributed by atoms with Crippen molar-refractivity contribution >= 4 is 11.9 Å². The molecule has 1 aliphatic carbocycles. The maximum absolute atomic E-state index is 12.4. The molecule has 4 heteroatoms. The maximum atomic E-state index is 12.4. The van der Waals surface area contributed by atoms with Gasteiger partial charge in [0.2, 0.25) is 5.91 Å². The summed E-state index contributed by atoms with van der Waals surface area (Å²) in [4.78, 5) is 24.7. The van der Waals surface area contributed by atoms with E-state index in [0.29, 0.717) is 19.4 Å². The van der Waals surface area contributed by atoms with E-state index in [1.807, 2.05) is 38.1 Å². The first-order chi connectivity index (χ1) is 10.0. The maximum Gasteiger partial charge on any atom is 0.332 e. The molecule has 2 rings (SSSR count). The number of fused-ring (bicyclic) bond motifs is 1. The second-order valence-corrected chi connectivity index (χ2v) is 5.72. The van der Waals surface area contributed by atoms with Crippen LogP contribution in [0.2, 0.25) is 0 Å². The second kappa shape index (κ2) is 6.29. The van der Waals surface area contributed by atoms with Crippen molar-refractivity contribution < 1.29 is 14.3 Å². The summed E-state index contributed by atoms with van der Waals surface area (Å²) < 4.78 is 5.22. The lowest BCUT2D eigenvalue weighted by Crippen LogP contribution is -2.57. The highest BCUT2D eigenvalue weighted by molar-refractivity contribution is 5.90. The van der Waals surface area contributed by atoms with Crippen molar-refractivity contribution in [2.75, 3.05) is 6.61 Å². The zero-order valence-electron chi connectivity index (χ0n) is 12.9. The van der Waals surface area contributed by atoms with Gasteiger partial charge in [-0.1, -0.05) is 38.1 Å². The smallest absolute Gasteiger partial charge is 0.332 e. The number of rotatable bonds is 5. The Morgan fingerprint density at radius 3 is 2.29 bits per heavy atom. The fourth-order valence-electron chi connectivity index (χ4n) is 2.71. The molecule has 1 aromatic rings. The number of benzene rings is 1. The van der Waals surface area contributed by atoms with Crippen LogP contribution in [0.15, 0.2) is 24.3 Å². The molecule has 114 valence electrons. The van der Waals surface area contributed by atoms with Gasteiger partial charge in [0.05, 0.1) is 6.61 Å². The summed E-state index contributed by atoms with van der Waals surface area (Å²) in [6.45, 7) is 5.93. The van der Waals surface area contributed by atoms with Crippen molar-refractivity contribution in [3.8, 4) is 0 Å². The van der Waals surface area contributed by atoms with Gasteiger partial charge in [0.25, 0.3) is 0 Å². The Hall–Kier alpha value is -1.84. The number of hydrogen-bond donors (Lipinski definition) is 1. The van der Waals surface area contributed by atoms with Crippen LogP contribution in [0.5, 0.6) is 0 Å². The van der Waals surface area contributed by atoms with Crippen LogP contribution in [0, 0.1) is 5.92 Å². The van der Waals surface area contributed by atoms with Crippen molar-refractivity contribution in [3.05, 3.63) is 35.4 Å². The number of carbonyl (C=O) groups excluding carboxylic acids is 2. The summed E-state index contributed by atoms with van der Waals surface area (Å²) in [5, 5.41) is 2.96. The van der Waals surface area contributed by atoms with Crippen molar-refractivity contribution in [2.24, 2.45) is 5.92 Å². The molecule has 1 aliphatic rings. The molecular weight excluding hydrogens is 266 g/mol. The van der Waals surface area contributed by atoms with Gasteiger partial charge in [-0.2, -0.15) is 0 Å². The van der Waals surface area contributed by atoms with Crippen molar-refractivity contribution in [3.63, 3.8) is 0 Å². The van der Waals surface area contributed by atoms with Gasteiger partial charge in [0.15, 0.2) is 0 Å². The highest BCUT2D eigenvalue weighted by Crippen LogP contribution is 2.31. The van der Waals surface area contributed by atoms with Crippen LogP contribution < -0.4 is 5.32 Å². The SMILES string of the molecule is CCOC(=O)C1(NC(=O)[C@H](C)CC)Cc2ccccc2C1. The highest BCUT2D eigenvalue weighted by atomic mass is 16.5. The van der Waals surface area contributed by atoms with Crippen LogP contribution in [0.1, 0.15) is 38.3 Å². The van der Waals surface area contributed by atoms with E-state index in [4.69, 9.17) is 4.74 Å². The van der Waals surface area contributed by atoms with Gasteiger partial charge in [0, 0.05) is 18.8 Å². The lowest BCUT2D eigenvalue weighted by molar-refractivity contribution is -0.153. The normalized spacial score (nSPS) is 16.9. The van der Waals surface area contributed by atoms with Gasteiger partial charge in [-0.05, 0) is 24.5 Å². The summed E-state index contributed by atoms with van der Waals surface area (Å²) in [6, 6.07) is 7.92. The molecule has 0 saturated carbocycles. The Morgan fingerprint density at radius 2 is 1.81 bits per heavy atom. The monoisotopic (exact) mass is 289 g/mol. The third-order valence-electron chi connectivity index (χ3n) is 4.19. The molecule has 0 bridgehead atoms. The molecule has 1 atom stereocenters. The van der Waals surface area contributed by atoms with E-state index in [2.05, 4.69) is 5.32 Å². The predicted molar refractivity (Wildman–Crippen MR) is 80.8 cm³/mol. The first-order valence-electron chi connectivity index (χ1n) is 7.58.